The van der Waals surface area contributed by atoms with Crippen LogP contribution in [0.1, 0.15) is 12.6 Å². The summed E-state index contributed by atoms with van der Waals surface area (Å²) in [7, 11) is 0. The third-order valence-corrected chi connectivity index (χ3v) is 2.44. The van der Waals surface area contributed by atoms with Crippen LogP contribution in [0.2, 0.25) is 0 Å². The summed E-state index contributed by atoms with van der Waals surface area (Å²) < 4.78 is 11.1. The number of rotatable bonds is 4. The molecule has 0 saturated heterocycles. The van der Waals surface area contributed by atoms with Gasteiger partial charge in [-0.25, -0.2) is 4.98 Å². The topological polar surface area (TPSA) is 57.4 Å². The van der Waals surface area contributed by atoms with Crippen molar-refractivity contribution in [2.45, 2.75) is 13.8 Å². The van der Waals surface area contributed by atoms with Gasteiger partial charge in [0.15, 0.2) is 0 Å². The largest absolute Gasteiger partial charge is 0.494 e. The van der Waals surface area contributed by atoms with Gasteiger partial charge in [0.2, 0.25) is 5.88 Å². The van der Waals surface area contributed by atoms with Crippen molar-refractivity contribution in [1.29, 1.82) is 0 Å². The Morgan fingerprint density at radius 1 is 1.17 bits per heavy atom. The molecule has 0 aliphatic heterocycles. The first kappa shape index (κ1) is 12.2. The molecule has 4 nitrogen and oxygen atoms in total. The number of pyridine rings is 1. The Morgan fingerprint density at radius 2 is 1.94 bits per heavy atom. The van der Waals surface area contributed by atoms with Crippen molar-refractivity contribution in [2.24, 2.45) is 0 Å². The van der Waals surface area contributed by atoms with Crippen molar-refractivity contribution in [3.8, 4) is 17.4 Å². The van der Waals surface area contributed by atoms with Crippen LogP contribution >= 0.6 is 0 Å². The first-order valence-corrected chi connectivity index (χ1v) is 5.83. The molecule has 0 aliphatic carbocycles. The van der Waals surface area contributed by atoms with Crippen molar-refractivity contribution in [2.75, 3.05) is 12.3 Å². The minimum absolute atomic E-state index is 0.523. The molecule has 1 aromatic heterocycles. The molecule has 1 aromatic carbocycles. The highest BCUT2D eigenvalue weighted by molar-refractivity contribution is 5.44. The third-order valence-electron chi connectivity index (χ3n) is 2.44. The maximum atomic E-state index is 5.71. The molecular formula is C14H16N2O2. The Hall–Kier alpha value is -2.23. The molecule has 1 heterocycles. The first-order chi connectivity index (χ1) is 8.69. The highest BCUT2D eigenvalue weighted by Gasteiger charge is 2.02. The standard InChI is InChI=1S/C14H16N2O2/c1-3-17-11-5-4-6-12(9-11)18-14-8-7-13(15)10(2)16-14/h4-9H,3,15H2,1-2H3. The van der Waals surface area contributed by atoms with E-state index in [0.29, 0.717) is 23.9 Å². The van der Waals surface area contributed by atoms with Crippen LogP contribution in [0.25, 0.3) is 0 Å². The number of aryl methyl sites for hydroxylation is 1. The third kappa shape index (κ3) is 2.91. The maximum Gasteiger partial charge on any atom is 0.219 e. The molecule has 0 amide bonds. The van der Waals surface area contributed by atoms with E-state index in [4.69, 9.17) is 15.2 Å². The second-order valence-corrected chi connectivity index (χ2v) is 3.83. The van der Waals surface area contributed by atoms with E-state index in [0.717, 1.165) is 11.4 Å². The fourth-order valence-corrected chi connectivity index (χ4v) is 1.52. The zero-order chi connectivity index (χ0) is 13.0. The van der Waals surface area contributed by atoms with E-state index in [1.54, 1.807) is 12.1 Å². The zero-order valence-electron chi connectivity index (χ0n) is 10.5. The van der Waals surface area contributed by atoms with E-state index in [9.17, 15) is 0 Å². The molecule has 0 radical (unpaired) electrons. The maximum absolute atomic E-state index is 5.71. The minimum atomic E-state index is 0.523. The molecule has 0 spiro atoms. The summed E-state index contributed by atoms with van der Waals surface area (Å²) in [6, 6.07) is 11.0. The van der Waals surface area contributed by atoms with E-state index in [2.05, 4.69) is 4.98 Å². The van der Waals surface area contributed by atoms with Gasteiger partial charge in [-0.1, -0.05) is 6.07 Å². The number of benzene rings is 1. The molecule has 0 aliphatic rings. The second kappa shape index (κ2) is 5.40. The van der Waals surface area contributed by atoms with Crippen molar-refractivity contribution in [1.82, 2.24) is 4.98 Å². The summed E-state index contributed by atoms with van der Waals surface area (Å²) in [6.45, 7) is 4.42. The molecule has 2 aromatic rings. The van der Waals surface area contributed by atoms with Gasteiger partial charge < -0.3 is 15.2 Å². The molecule has 2 rings (SSSR count). The van der Waals surface area contributed by atoms with E-state index < -0.39 is 0 Å². The van der Waals surface area contributed by atoms with Crippen LogP contribution in [0, 0.1) is 6.92 Å². The fourth-order valence-electron chi connectivity index (χ4n) is 1.52. The summed E-state index contributed by atoms with van der Waals surface area (Å²) >= 11 is 0. The van der Waals surface area contributed by atoms with Crippen LogP contribution in [0.5, 0.6) is 17.4 Å². The lowest BCUT2D eigenvalue weighted by molar-refractivity contribution is 0.338. The van der Waals surface area contributed by atoms with E-state index in [-0.39, 0.29) is 0 Å². The van der Waals surface area contributed by atoms with Gasteiger partial charge >= 0.3 is 0 Å². The van der Waals surface area contributed by atoms with Crippen LogP contribution < -0.4 is 15.2 Å². The lowest BCUT2D eigenvalue weighted by Gasteiger charge is -2.08. The van der Waals surface area contributed by atoms with Gasteiger partial charge in [-0.3, -0.25) is 0 Å². The molecule has 4 heteroatoms. The number of anilines is 1. The number of nitrogens with zero attached hydrogens (tertiary/aromatic N) is 1. The molecule has 0 atom stereocenters. The SMILES string of the molecule is CCOc1cccc(Oc2ccc(N)c(C)n2)c1. The smallest absolute Gasteiger partial charge is 0.219 e. The normalized spacial score (nSPS) is 10.1. The summed E-state index contributed by atoms with van der Waals surface area (Å²) in [6.07, 6.45) is 0. The van der Waals surface area contributed by atoms with E-state index in [1.165, 1.54) is 0 Å². The quantitative estimate of drug-likeness (QED) is 0.897. The van der Waals surface area contributed by atoms with Crippen molar-refractivity contribution in [3.05, 3.63) is 42.1 Å². The molecule has 0 bridgehead atoms. The van der Waals surface area contributed by atoms with Gasteiger partial charge in [0.25, 0.3) is 0 Å². The van der Waals surface area contributed by atoms with Gasteiger partial charge in [-0.05, 0) is 32.0 Å². The molecule has 2 N–H and O–H groups in total. The van der Waals surface area contributed by atoms with Gasteiger partial charge in [0, 0.05) is 12.1 Å². The lowest BCUT2D eigenvalue weighted by Crippen LogP contribution is -1.96. The Balaban J connectivity index is 2.17. The molecule has 94 valence electrons. The summed E-state index contributed by atoms with van der Waals surface area (Å²) in [5.41, 5.74) is 7.12. The fraction of sp³-hybridized carbons (Fsp3) is 0.214. The lowest BCUT2D eigenvalue weighted by atomic mass is 10.3. The highest BCUT2D eigenvalue weighted by atomic mass is 16.5. The molecular weight excluding hydrogens is 228 g/mol. The van der Waals surface area contributed by atoms with Gasteiger partial charge in [0.1, 0.15) is 11.5 Å². The predicted molar refractivity (Wildman–Crippen MR) is 71.1 cm³/mol. The average molecular weight is 244 g/mol. The molecule has 18 heavy (non-hydrogen) atoms. The molecule has 0 unspecified atom stereocenters. The number of aromatic nitrogens is 1. The van der Waals surface area contributed by atoms with Crippen LogP contribution in [0.15, 0.2) is 36.4 Å². The average Bonchev–Trinajstić information content (AvgIpc) is 2.35. The van der Waals surface area contributed by atoms with Crippen molar-refractivity contribution >= 4 is 5.69 Å². The highest BCUT2D eigenvalue weighted by Crippen LogP contribution is 2.25. The van der Waals surface area contributed by atoms with Crippen LogP contribution in [-0.4, -0.2) is 11.6 Å². The van der Waals surface area contributed by atoms with Crippen molar-refractivity contribution < 1.29 is 9.47 Å². The van der Waals surface area contributed by atoms with Crippen molar-refractivity contribution in [3.63, 3.8) is 0 Å². The second-order valence-electron chi connectivity index (χ2n) is 3.83. The molecule has 0 fully saturated rings. The predicted octanol–water partition coefficient (Wildman–Crippen LogP) is 3.16. The number of hydrogen-bond donors (Lipinski definition) is 1. The minimum Gasteiger partial charge on any atom is -0.494 e. The summed E-state index contributed by atoms with van der Waals surface area (Å²) in [4.78, 5) is 4.26. The van der Waals surface area contributed by atoms with Crippen LogP contribution in [-0.2, 0) is 0 Å². The first-order valence-electron chi connectivity index (χ1n) is 5.83. The van der Waals surface area contributed by atoms with Crippen LogP contribution in [0.4, 0.5) is 5.69 Å². The Morgan fingerprint density at radius 3 is 2.67 bits per heavy atom. The number of ether oxygens (including phenoxy) is 2. The summed E-state index contributed by atoms with van der Waals surface area (Å²) in [5.74, 6) is 2.00. The van der Waals surface area contributed by atoms with Gasteiger partial charge in [-0.15, -0.1) is 0 Å². The van der Waals surface area contributed by atoms with E-state index in [1.807, 2.05) is 38.1 Å². The number of hydrogen-bond acceptors (Lipinski definition) is 4. The van der Waals surface area contributed by atoms with E-state index >= 15 is 0 Å². The Labute approximate surface area is 106 Å². The number of nitrogens with two attached hydrogens (primary N) is 1. The Kier molecular flexibility index (Phi) is 3.67. The van der Waals surface area contributed by atoms with Crippen LogP contribution in [0.3, 0.4) is 0 Å². The summed E-state index contributed by atoms with van der Waals surface area (Å²) in [5, 5.41) is 0. The number of nitrogen functional groups attached to an aromatic ring is 1. The van der Waals surface area contributed by atoms with Gasteiger partial charge in [-0.2, -0.15) is 0 Å². The monoisotopic (exact) mass is 244 g/mol. The zero-order valence-corrected chi connectivity index (χ0v) is 10.5. The van der Waals surface area contributed by atoms with Gasteiger partial charge in [0.05, 0.1) is 18.0 Å². The molecule has 0 saturated carbocycles. The Bertz CT molecular complexity index is 541.